The van der Waals surface area contributed by atoms with E-state index in [-0.39, 0.29) is 5.91 Å². The van der Waals surface area contributed by atoms with Gasteiger partial charge in [0.2, 0.25) is 5.91 Å². The molecule has 1 saturated heterocycles. The molecule has 1 spiro atoms. The maximum Gasteiger partial charge on any atom is 0.223 e. The number of likely N-dealkylation sites (tertiary alicyclic amines) is 1. The Morgan fingerprint density at radius 1 is 1.64 bits per heavy atom. The summed E-state index contributed by atoms with van der Waals surface area (Å²) in [5, 5.41) is 2.71. The van der Waals surface area contributed by atoms with Gasteiger partial charge in [0.05, 0.1) is 0 Å². The molecule has 0 radical (unpaired) electrons. The van der Waals surface area contributed by atoms with Crippen molar-refractivity contribution in [3.8, 4) is 0 Å². The van der Waals surface area contributed by atoms with E-state index in [4.69, 9.17) is 0 Å². The van der Waals surface area contributed by atoms with E-state index in [1.165, 1.54) is 0 Å². The molecule has 2 rings (SSSR count). The third kappa shape index (κ3) is 0.872. The van der Waals surface area contributed by atoms with Crippen LogP contribution >= 0.6 is 0 Å². The summed E-state index contributed by atoms with van der Waals surface area (Å²) in [5.41, 5.74) is 0.398. The Morgan fingerprint density at radius 2 is 2.27 bits per heavy atom. The van der Waals surface area contributed by atoms with Crippen LogP contribution in [0, 0.1) is 11.3 Å². The van der Waals surface area contributed by atoms with Crippen molar-refractivity contribution in [2.75, 3.05) is 27.2 Å². The molecule has 1 amide bonds. The Hall–Kier alpha value is -0.570. The topological polar surface area (TPSA) is 32.3 Å². The number of hydrogen-bond acceptors (Lipinski definition) is 2. The zero-order chi connectivity index (χ0) is 8.06. The minimum Gasteiger partial charge on any atom is -0.359 e. The molecule has 0 aromatic carbocycles. The highest BCUT2D eigenvalue weighted by Crippen LogP contribution is 2.58. The van der Waals surface area contributed by atoms with E-state index in [1.54, 1.807) is 7.05 Å². The molecule has 1 N–H and O–H groups in total. The fourth-order valence-corrected chi connectivity index (χ4v) is 2.27. The van der Waals surface area contributed by atoms with E-state index in [0.717, 1.165) is 19.5 Å². The molecule has 1 aliphatic heterocycles. The smallest absolute Gasteiger partial charge is 0.223 e. The van der Waals surface area contributed by atoms with Crippen LogP contribution in [0.2, 0.25) is 0 Å². The van der Waals surface area contributed by atoms with Crippen LogP contribution in [0.1, 0.15) is 6.42 Å². The standard InChI is InChI=1S/C8H14N2O/c1-9-7(11)6-3-8(6)4-10(2)5-8/h6H,3-5H2,1-2H3,(H,9,11). The summed E-state index contributed by atoms with van der Waals surface area (Å²) in [4.78, 5) is 13.4. The Bertz CT molecular complexity index is 196. The van der Waals surface area contributed by atoms with Crippen molar-refractivity contribution >= 4 is 5.91 Å². The van der Waals surface area contributed by atoms with Crippen LogP contribution in [-0.2, 0) is 4.79 Å². The first-order valence-electron chi connectivity index (χ1n) is 4.08. The Morgan fingerprint density at radius 3 is 2.73 bits per heavy atom. The second-order valence-corrected chi connectivity index (χ2v) is 3.91. The fourth-order valence-electron chi connectivity index (χ4n) is 2.27. The lowest BCUT2D eigenvalue weighted by Gasteiger charge is -2.37. The minimum absolute atomic E-state index is 0.234. The van der Waals surface area contributed by atoms with Crippen LogP contribution in [0.3, 0.4) is 0 Å². The molecule has 2 aliphatic rings. The lowest BCUT2D eigenvalue weighted by Crippen LogP contribution is -2.48. The highest BCUT2D eigenvalue weighted by molar-refractivity contribution is 5.82. The summed E-state index contributed by atoms with van der Waals surface area (Å²) < 4.78 is 0. The largest absolute Gasteiger partial charge is 0.359 e. The van der Waals surface area contributed by atoms with Crippen LogP contribution in [0.4, 0.5) is 0 Å². The van der Waals surface area contributed by atoms with Gasteiger partial charge < -0.3 is 10.2 Å². The first kappa shape index (κ1) is 7.10. The van der Waals surface area contributed by atoms with Gasteiger partial charge in [0.15, 0.2) is 0 Å². The van der Waals surface area contributed by atoms with Crippen LogP contribution in [0.5, 0.6) is 0 Å². The van der Waals surface area contributed by atoms with Gasteiger partial charge in [-0.1, -0.05) is 0 Å². The van der Waals surface area contributed by atoms with E-state index < -0.39 is 0 Å². The Kier molecular flexibility index (Phi) is 1.27. The van der Waals surface area contributed by atoms with Crippen molar-refractivity contribution < 1.29 is 4.79 Å². The van der Waals surface area contributed by atoms with Gasteiger partial charge in [0.1, 0.15) is 0 Å². The van der Waals surface area contributed by atoms with Crippen molar-refractivity contribution in [1.29, 1.82) is 0 Å². The first-order valence-corrected chi connectivity index (χ1v) is 4.08. The summed E-state index contributed by atoms with van der Waals surface area (Å²) >= 11 is 0. The van der Waals surface area contributed by atoms with Gasteiger partial charge in [-0.05, 0) is 13.5 Å². The van der Waals surface area contributed by atoms with Crippen LogP contribution in [-0.4, -0.2) is 38.0 Å². The summed E-state index contributed by atoms with van der Waals surface area (Å²) in [6.07, 6.45) is 1.11. The number of rotatable bonds is 1. The van der Waals surface area contributed by atoms with Crippen molar-refractivity contribution in [3.63, 3.8) is 0 Å². The van der Waals surface area contributed by atoms with E-state index in [0.29, 0.717) is 11.3 Å². The molecule has 2 fully saturated rings. The highest BCUT2D eigenvalue weighted by atomic mass is 16.2. The molecule has 11 heavy (non-hydrogen) atoms. The molecule has 3 heteroatoms. The minimum atomic E-state index is 0.234. The number of carbonyl (C=O) groups is 1. The number of amides is 1. The molecule has 1 heterocycles. The highest BCUT2D eigenvalue weighted by Gasteiger charge is 2.63. The molecule has 0 aromatic heterocycles. The van der Waals surface area contributed by atoms with Gasteiger partial charge in [-0.2, -0.15) is 0 Å². The van der Waals surface area contributed by atoms with Crippen molar-refractivity contribution in [2.24, 2.45) is 11.3 Å². The molecule has 0 bridgehead atoms. The van der Waals surface area contributed by atoms with Crippen LogP contribution in [0.25, 0.3) is 0 Å². The first-order chi connectivity index (χ1) is 5.18. The Labute approximate surface area is 66.8 Å². The fraction of sp³-hybridized carbons (Fsp3) is 0.875. The lowest BCUT2D eigenvalue weighted by molar-refractivity contribution is -0.123. The predicted molar refractivity (Wildman–Crippen MR) is 42.1 cm³/mol. The molecule has 62 valence electrons. The zero-order valence-corrected chi connectivity index (χ0v) is 7.05. The van der Waals surface area contributed by atoms with Gasteiger partial charge in [0, 0.05) is 31.5 Å². The molecule has 1 saturated carbocycles. The second kappa shape index (κ2) is 1.97. The second-order valence-electron chi connectivity index (χ2n) is 3.91. The molecule has 1 aliphatic carbocycles. The summed E-state index contributed by atoms with van der Waals surface area (Å²) in [7, 11) is 3.82. The molecular weight excluding hydrogens is 140 g/mol. The van der Waals surface area contributed by atoms with Crippen molar-refractivity contribution in [1.82, 2.24) is 10.2 Å². The summed E-state index contributed by atoms with van der Waals surface area (Å²) in [6, 6.07) is 0. The number of hydrogen-bond donors (Lipinski definition) is 1. The van der Waals surface area contributed by atoms with E-state index in [1.807, 2.05) is 0 Å². The van der Waals surface area contributed by atoms with E-state index in [2.05, 4.69) is 17.3 Å². The van der Waals surface area contributed by atoms with E-state index >= 15 is 0 Å². The molecule has 1 atom stereocenters. The van der Waals surface area contributed by atoms with Gasteiger partial charge in [0.25, 0.3) is 0 Å². The molecular formula is C8H14N2O. The molecule has 3 nitrogen and oxygen atoms in total. The number of nitrogens with zero attached hydrogens (tertiary/aromatic N) is 1. The quantitative estimate of drug-likeness (QED) is 0.561. The monoisotopic (exact) mass is 154 g/mol. The maximum absolute atomic E-state index is 11.2. The average molecular weight is 154 g/mol. The van der Waals surface area contributed by atoms with E-state index in [9.17, 15) is 4.79 Å². The van der Waals surface area contributed by atoms with Crippen LogP contribution < -0.4 is 5.32 Å². The van der Waals surface area contributed by atoms with Gasteiger partial charge >= 0.3 is 0 Å². The predicted octanol–water partition coefficient (Wildman–Crippen LogP) is -0.316. The third-order valence-corrected chi connectivity index (χ3v) is 2.92. The average Bonchev–Trinajstić information content (AvgIpc) is 2.61. The summed E-state index contributed by atoms with van der Waals surface area (Å²) in [6.45, 7) is 2.23. The van der Waals surface area contributed by atoms with Gasteiger partial charge in [-0.15, -0.1) is 0 Å². The number of nitrogens with one attached hydrogen (secondary N) is 1. The van der Waals surface area contributed by atoms with Crippen molar-refractivity contribution in [3.05, 3.63) is 0 Å². The third-order valence-electron chi connectivity index (χ3n) is 2.92. The Balaban J connectivity index is 1.91. The molecule has 0 aromatic rings. The van der Waals surface area contributed by atoms with Gasteiger partial charge in [-0.25, -0.2) is 0 Å². The summed E-state index contributed by atoms with van der Waals surface area (Å²) in [5.74, 6) is 0.557. The SMILES string of the molecule is CNC(=O)C1CC12CN(C)C2. The zero-order valence-electron chi connectivity index (χ0n) is 7.05. The van der Waals surface area contributed by atoms with Gasteiger partial charge in [-0.3, -0.25) is 4.79 Å². The lowest BCUT2D eigenvalue weighted by atomic mass is 9.94. The van der Waals surface area contributed by atoms with Crippen molar-refractivity contribution in [2.45, 2.75) is 6.42 Å². The maximum atomic E-state index is 11.2. The van der Waals surface area contributed by atoms with Crippen LogP contribution in [0.15, 0.2) is 0 Å². The molecule has 1 unspecified atom stereocenters. The normalized spacial score (nSPS) is 33.1. The number of carbonyl (C=O) groups excluding carboxylic acids is 1.